The molecule has 0 amide bonds. The average Bonchev–Trinajstić information content (AvgIpc) is 2.91. The first kappa shape index (κ1) is 29.7. The third kappa shape index (κ3) is 5.90. The lowest BCUT2D eigenvalue weighted by atomic mass is 9.54. The summed E-state index contributed by atoms with van der Waals surface area (Å²) >= 11 is 0. The van der Waals surface area contributed by atoms with E-state index in [0.29, 0.717) is 17.8 Å². The first-order valence-corrected chi connectivity index (χ1v) is 21.8. The van der Waals surface area contributed by atoms with E-state index in [2.05, 4.69) is 40.4 Å². The summed E-state index contributed by atoms with van der Waals surface area (Å²) in [6.45, 7) is 15.5. The number of fused-ring (bicyclic) bond motifs is 3. The van der Waals surface area contributed by atoms with E-state index in [4.69, 9.17) is 0 Å². The third-order valence-electron chi connectivity index (χ3n) is 15.0. The zero-order valence-electron chi connectivity index (χ0n) is 27.1. The number of hydrogen-bond acceptors (Lipinski definition) is 1. The maximum absolute atomic E-state index is 12.6. The van der Waals surface area contributed by atoms with Gasteiger partial charge >= 0.3 is 5.97 Å². The van der Waals surface area contributed by atoms with E-state index in [0.717, 1.165) is 71.1 Å². The highest BCUT2D eigenvalue weighted by molar-refractivity contribution is 6.77. The summed E-state index contributed by atoms with van der Waals surface area (Å²) in [5.41, 5.74) is 0.986. The molecular formula is C37H64O2Si. The Hall–Kier alpha value is -0.313. The lowest BCUT2D eigenvalue weighted by Gasteiger charge is -2.55. The molecule has 0 spiro atoms. The van der Waals surface area contributed by atoms with Gasteiger partial charge in [-0.25, -0.2) is 0 Å². The minimum Gasteiger partial charge on any atom is -0.481 e. The van der Waals surface area contributed by atoms with Crippen LogP contribution in [0.3, 0.4) is 0 Å². The van der Waals surface area contributed by atoms with Crippen LogP contribution in [-0.4, -0.2) is 19.1 Å². The van der Waals surface area contributed by atoms with E-state index in [9.17, 15) is 9.90 Å². The molecule has 0 aliphatic heterocycles. The molecule has 0 aromatic rings. The molecule has 0 radical (unpaired) electrons. The van der Waals surface area contributed by atoms with Crippen LogP contribution in [0.1, 0.15) is 117 Å². The minimum atomic E-state index is -1.26. The molecule has 228 valence electrons. The number of carboxylic acids is 1. The van der Waals surface area contributed by atoms with E-state index >= 15 is 0 Å². The first-order chi connectivity index (χ1) is 19.0. The molecule has 6 aliphatic carbocycles. The van der Waals surface area contributed by atoms with E-state index < -0.39 is 14.0 Å². The third-order valence-corrected chi connectivity index (χ3v) is 17.9. The van der Waals surface area contributed by atoms with Crippen LogP contribution in [0, 0.1) is 82.9 Å². The van der Waals surface area contributed by atoms with Crippen molar-refractivity contribution >= 4 is 14.0 Å². The quantitative estimate of drug-likeness (QED) is 0.342. The van der Waals surface area contributed by atoms with Crippen molar-refractivity contribution in [2.24, 2.45) is 82.9 Å². The molecular weight excluding hydrogens is 504 g/mol. The fourth-order valence-electron chi connectivity index (χ4n) is 12.6. The normalized spacial score (nSPS) is 51.7. The summed E-state index contributed by atoms with van der Waals surface area (Å²) in [7, 11) is -1.26. The summed E-state index contributed by atoms with van der Waals surface area (Å²) in [5.74, 6) is 10.7. The highest BCUT2D eigenvalue weighted by Crippen LogP contribution is 2.60. The van der Waals surface area contributed by atoms with Crippen LogP contribution in [0.25, 0.3) is 0 Å². The standard InChI is InChI=1S/C37H64O2Si/c1-22-7-8-26-18-33(35(37(38)39)20-30(26)13-22)28-11-10-27-19-34(36(40(4,5)6)21-32(27)16-28)29-12-9-25-14-23(2)24(3)15-31(25)17-29/h22-36H,7-21H2,1-6H3,(H,38,39). The first-order valence-electron chi connectivity index (χ1n) is 18.2. The molecule has 6 aliphatic rings. The fraction of sp³-hybridized carbons (Fsp3) is 0.973. The molecule has 40 heavy (non-hydrogen) atoms. The van der Waals surface area contributed by atoms with Crippen molar-refractivity contribution in [2.45, 2.75) is 142 Å². The molecule has 6 fully saturated rings. The Morgan fingerprint density at radius 3 is 1.62 bits per heavy atom. The maximum atomic E-state index is 12.6. The maximum Gasteiger partial charge on any atom is 0.306 e. The number of rotatable bonds is 4. The van der Waals surface area contributed by atoms with Gasteiger partial charge in [0, 0.05) is 8.07 Å². The summed E-state index contributed by atoms with van der Waals surface area (Å²) < 4.78 is 0. The summed E-state index contributed by atoms with van der Waals surface area (Å²) in [6.07, 6.45) is 21.0. The average molecular weight is 569 g/mol. The summed E-state index contributed by atoms with van der Waals surface area (Å²) in [6, 6.07) is 0. The Morgan fingerprint density at radius 2 is 1.00 bits per heavy atom. The van der Waals surface area contributed by atoms with Crippen molar-refractivity contribution < 1.29 is 9.90 Å². The SMILES string of the molecule is CC1CCC2CC(C3CCC4CC(C5CCC6CC(C)C(C)CC6C5)C([Si](C)(C)C)CC4C3)C(C(=O)O)CC2C1. The van der Waals surface area contributed by atoms with Gasteiger partial charge in [0.15, 0.2) is 0 Å². The molecule has 0 saturated heterocycles. The monoisotopic (exact) mass is 568 g/mol. The number of aliphatic carboxylic acids is 1. The molecule has 1 N–H and O–H groups in total. The summed E-state index contributed by atoms with van der Waals surface area (Å²) in [4.78, 5) is 12.6. The second kappa shape index (κ2) is 11.6. The van der Waals surface area contributed by atoms with Gasteiger partial charge in [0.1, 0.15) is 0 Å². The van der Waals surface area contributed by atoms with Crippen LogP contribution in [0.5, 0.6) is 0 Å². The van der Waals surface area contributed by atoms with Crippen molar-refractivity contribution in [1.82, 2.24) is 0 Å². The van der Waals surface area contributed by atoms with Gasteiger partial charge in [-0.05, 0) is 172 Å². The summed E-state index contributed by atoms with van der Waals surface area (Å²) in [5, 5.41) is 10.4. The number of carbonyl (C=O) groups is 1. The Kier molecular flexibility index (Phi) is 8.66. The van der Waals surface area contributed by atoms with Crippen molar-refractivity contribution in [3.8, 4) is 0 Å². The minimum absolute atomic E-state index is 0.0620. The van der Waals surface area contributed by atoms with Crippen molar-refractivity contribution in [1.29, 1.82) is 0 Å². The van der Waals surface area contributed by atoms with Gasteiger partial charge in [-0.3, -0.25) is 4.79 Å². The van der Waals surface area contributed by atoms with Crippen LogP contribution in [0.15, 0.2) is 0 Å². The number of carboxylic acid groups (broad SMARTS) is 1. The second-order valence-electron chi connectivity index (χ2n) is 18.2. The molecule has 0 bridgehead atoms. The molecule has 0 heterocycles. The molecule has 2 nitrogen and oxygen atoms in total. The van der Waals surface area contributed by atoms with Crippen molar-refractivity contribution in [3.63, 3.8) is 0 Å². The van der Waals surface area contributed by atoms with E-state index in [1.807, 2.05) is 0 Å². The van der Waals surface area contributed by atoms with E-state index in [1.54, 1.807) is 6.42 Å². The Labute approximate surface area is 248 Å². The van der Waals surface area contributed by atoms with Gasteiger partial charge in [-0.15, -0.1) is 0 Å². The molecule has 15 atom stereocenters. The van der Waals surface area contributed by atoms with Gasteiger partial charge in [0.2, 0.25) is 0 Å². The highest BCUT2D eigenvalue weighted by atomic mass is 28.3. The van der Waals surface area contributed by atoms with Gasteiger partial charge < -0.3 is 5.11 Å². The highest BCUT2D eigenvalue weighted by Gasteiger charge is 2.51. The van der Waals surface area contributed by atoms with Crippen LogP contribution < -0.4 is 0 Å². The zero-order valence-corrected chi connectivity index (χ0v) is 28.1. The van der Waals surface area contributed by atoms with Gasteiger partial charge in [0.25, 0.3) is 0 Å². The van der Waals surface area contributed by atoms with Gasteiger partial charge in [-0.1, -0.05) is 46.8 Å². The predicted octanol–water partition coefficient (Wildman–Crippen LogP) is 10.4. The van der Waals surface area contributed by atoms with E-state index in [1.165, 1.54) is 83.5 Å². The molecule has 15 unspecified atom stereocenters. The van der Waals surface area contributed by atoms with Crippen molar-refractivity contribution in [2.75, 3.05) is 0 Å². The van der Waals surface area contributed by atoms with Crippen LogP contribution in [0.2, 0.25) is 25.2 Å². The Morgan fingerprint density at radius 1 is 0.525 bits per heavy atom. The van der Waals surface area contributed by atoms with Crippen LogP contribution >= 0.6 is 0 Å². The fourth-order valence-corrected chi connectivity index (χ4v) is 15.3. The molecule has 6 rings (SSSR count). The molecule has 0 aromatic heterocycles. The molecule has 6 saturated carbocycles. The van der Waals surface area contributed by atoms with E-state index in [-0.39, 0.29) is 5.92 Å². The van der Waals surface area contributed by atoms with Crippen LogP contribution in [-0.2, 0) is 4.79 Å². The lowest BCUT2D eigenvalue weighted by Crippen LogP contribution is -2.48. The molecule has 0 aromatic carbocycles. The predicted molar refractivity (Wildman–Crippen MR) is 170 cm³/mol. The largest absolute Gasteiger partial charge is 0.481 e. The zero-order chi connectivity index (χ0) is 28.3. The van der Waals surface area contributed by atoms with Gasteiger partial charge in [-0.2, -0.15) is 0 Å². The topological polar surface area (TPSA) is 37.3 Å². The Bertz CT molecular complexity index is 893. The van der Waals surface area contributed by atoms with Gasteiger partial charge in [0.05, 0.1) is 5.92 Å². The second-order valence-corrected chi connectivity index (χ2v) is 23.7. The lowest BCUT2D eigenvalue weighted by molar-refractivity contribution is -0.149. The number of hydrogen-bond donors (Lipinski definition) is 1. The Balaban J connectivity index is 1.14. The van der Waals surface area contributed by atoms with Crippen LogP contribution in [0.4, 0.5) is 0 Å². The molecule has 3 heteroatoms. The smallest absolute Gasteiger partial charge is 0.306 e. The van der Waals surface area contributed by atoms with Crippen molar-refractivity contribution in [3.05, 3.63) is 0 Å².